The Kier molecular flexibility index (Phi) is 3.67. The van der Waals surface area contributed by atoms with Crippen molar-refractivity contribution < 1.29 is 5.11 Å². The normalized spacial score (nSPS) is 26.5. The molecule has 1 aliphatic heterocycles. The molecule has 0 aliphatic carbocycles. The zero-order chi connectivity index (χ0) is 10.6. The third-order valence-electron chi connectivity index (χ3n) is 2.70. The number of hydrogen-bond acceptors (Lipinski definition) is 3. The Bertz CT molecular complexity index is 296. The highest BCUT2D eigenvalue weighted by Gasteiger charge is 2.28. The van der Waals surface area contributed by atoms with Crippen molar-refractivity contribution in [2.75, 3.05) is 18.8 Å². The number of piperidine rings is 1. The second-order valence-electron chi connectivity index (χ2n) is 4.11. The largest absolute Gasteiger partial charge is 0.388 e. The second-order valence-corrected chi connectivity index (χ2v) is 5.16. The first-order valence-electron chi connectivity index (χ1n) is 5.39. The van der Waals surface area contributed by atoms with E-state index in [9.17, 15) is 5.11 Å². The molecule has 0 bridgehead atoms. The number of aliphatic hydroxyl groups is 1. The summed E-state index contributed by atoms with van der Waals surface area (Å²) in [5.74, 6) is 0.782. The van der Waals surface area contributed by atoms with Crippen molar-refractivity contribution in [1.29, 1.82) is 0 Å². The average molecular weight is 223 g/mol. The molecule has 1 heterocycles. The van der Waals surface area contributed by atoms with Gasteiger partial charge in [-0.3, -0.25) is 0 Å². The van der Waals surface area contributed by atoms with Gasteiger partial charge in [-0.25, -0.2) is 0 Å². The second kappa shape index (κ2) is 5.01. The molecule has 2 rings (SSSR count). The highest BCUT2D eigenvalue weighted by molar-refractivity contribution is 7.99. The van der Waals surface area contributed by atoms with E-state index in [1.165, 1.54) is 4.90 Å². The Morgan fingerprint density at radius 1 is 1.33 bits per heavy atom. The van der Waals surface area contributed by atoms with Gasteiger partial charge in [0.15, 0.2) is 0 Å². The first kappa shape index (κ1) is 11.0. The van der Waals surface area contributed by atoms with E-state index in [4.69, 9.17) is 0 Å². The lowest BCUT2D eigenvalue weighted by atomic mass is 9.97. The molecule has 82 valence electrons. The topological polar surface area (TPSA) is 32.3 Å². The molecular formula is C12H17NOS. The summed E-state index contributed by atoms with van der Waals surface area (Å²) in [6.07, 6.45) is 1.99. The Morgan fingerprint density at radius 3 is 2.80 bits per heavy atom. The smallest absolute Gasteiger partial charge is 0.0865 e. The van der Waals surface area contributed by atoms with Crippen LogP contribution < -0.4 is 5.32 Å². The number of thioether (sulfide) groups is 1. The number of rotatable bonds is 3. The summed E-state index contributed by atoms with van der Waals surface area (Å²) < 4.78 is 0. The molecule has 2 N–H and O–H groups in total. The highest BCUT2D eigenvalue weighted by atomic mass is 32.2. The zero-order valence-electron chi connectivity index (χ0n) is 8.78. The first-order valence-corrected chi connectivity index (χ1v) is 6.38. The number of hydrogen-bond donors (Lipinski definition) is 2. The summed E-state index contributed by atoms with van der Waals surface area (Å²) >= 11 is 1.74. The SMILES string of the molecule is OC1(CSc2ccccc2)CCCNC1. The maximum atomic E-state index is 10.2. The third-order valence-corrected chi connectivity index (χ3v) is 3.99. The molecule has 0 amide bonds. The lowest BCUT2D eigenvalue weighted by Crippen LogP contribution is -2.47. The molecule has 0 saturated carbocycles. The molecule has 1 aromatic rings. The van der Waals surface area contributed by atoms with Gasteiger partial charge in [-0.1, -0.05) is 18.2 Å². The van der Waals surface area contributed by atoms with Crippen LogP contribution in [0.15, 0.2) is 35.2 Å². The number of benzene rings is 1. The molecule has 0 spiro atoms. The van der Waals surface area contributed by atoms with Crippen LogP contribution in [-0.2, 0) is 0 Å². The minimum atomic E-state index is -0.515. The molecule has 1 atom stereocenters. The van der Waals surface area contributed by atoms with Crippen LogP contribution in [0.3, 0.4) is 0 Å². The van der Waals surface area contributed by atoms with E-state index in [-0.39, 0.29) is 0 Å². The van der Waals surface area contributed by atoms with Crippen molar-refractivity contribution in [3.8, 4) is 0 Å². The number of nitrogens with one attached hydrogen (secondary N) is 1. The van der Waals surface area contributed by atoms with Crippen LogP contribution in [0.2, 0.25) is 0 Å². The van der Waals surface area contributed by atoms with Crippen LogP contribution in [-0.4, -0.2) is 29.5 Å². The monoisotopic (exact) mass is 223 g/mol. The molecule has 1 unspecified atom stereocenters. The summed E-state index contributed by atoms with van der Waals surface area (Å²) in [6, 6.07) is 10.3. The van der Waals surface area contributed by atoms with Gasteiger partial charge in [-0.15, -0.1) is 11.8 Å². The van der Waals surface area contributed by atoms with Gasteiger partial charge in [0.05, 0.1) is 5.60 Å². The van der Waals surface area contributed by atoms with E-state index >= 15 is 0 Å². The Labute approximate surface area is 95.1 Å². The molecule has 1 aromatic carbocycles. The summed E-state index contributed by atoms with van der Waals surface area (Å²) in [6.45, 7) is 1.77. The third kappa shape index (κ3) is 3.23. The molecule has 1 saturated heterocycles. The van der Waals surface area contributed by atoms with Crippen molar-refractivity contribution in [2.24, 2.45) is 0 Å². The molecule has 1 aliphatic rings. The van der Waals surface area contributed by atoms with E-state index in [0.717, 1.165) is 31.7 Å². The van der Waals surface area contributed by atoms with Crippen molar-refractivity contribution in [3.63, 3.8) is 0 Å². The van der Waals surface area contributed by atoms with E-state index in [1.807, 2.05) is 18.2 Å². The Balaban J connectivity index is 1.87. The Hall–Kier alpha value is -0.510. The summed E-state index contributed by atoms with van der Waals surface area (Å²) in [5, 5.41) is 13.5. The van der Waals surface area contributed by atoms with Crippen molar-refractivity contribution in [3.05, 3.63) is 30.3 Å². The minimum absolute atomic E-state index is 0.515. The molecule has 2 nitrogen and oxygen atoms in total. The molecule has 0 radical (unpaired) electrons. The van der Waals surface area contributed by atoms with Crippen molar-refractivity contribution in [1.82, 2.24) is 5.32 Å². The quantitative estimate of drug-likeness (QED) is 0.768. The molecule has 3 heteroatoms. The fraction of sp³-hybridized carbons (Fsp3) is 0.500. The van der Waals surface area contributed by atoms with Gasteiger partial charge in [0.2, 0.25) is 0 Å². The average Bonchev–Trinajstić information content (AvgIpc) is 2.29. The fourth-order valence-electron chi connectivity index (χ4n) is 1.81. The van der Waals surface area contributed by atoms with Crippen LogP contribution in [0.4, 0.5) is 0 Å². The van der Waals surface area contributed by atoms with Crippen LogP contribution in [0.25, 0.3) is 0 Å². The molecule has 1 fully saturated rings. The standard InChI is InChI=1S/C12H17NOS/c14-12(7-4-8-13-9-12)10-15-11-5-2-1-3-6-11/h1-3,5-6,13-14H,4,7-10H2. The first-order chi connectivity index (χ1) is 7.29. The lowest BCUT2D eigenvalue weighted by molar-refractivity contribution is 0.0399. The summed E-state index contributed by atoms with van der Waals surface area (Å²) in [5.41, 5.74) is -0.515. The van der Waals surface area contributed by atoms with Gasteiger partial charge >= 0.3 is 0 Å². The van der Waals surface area contributed by atoms with E-state index in [2.05, 4.69) is 17.4 Å². The van der Waals surface area contributed by atoms with E-state index in [0.29, 0.717) is 0 Å². The Morgan fingerprint density at radius 2 is 2.13 bits per heavy atom. The van der Waals surface area contributed by atoms with Crippen LogP contribution in [0.1, 0.15) is 12.8 Å². The van der Waals surface area contributed by atoms with Gasteiger partial charge in [-0.2, -0.15) is 0 Å². The van der Waals surface area contributed by atoms with Crippen molar-refractivity contribution >= 4 is 11.8 Å². The van der Waals surface area contributed by atoms with Gasteiger partial charge < -0.3 is 10.4 Å². The van der Waals surface area contributed by atoms with Gasteiger partial charge in [0, 0.05) is 17.2 Å². The van der Waals surface area contributed by atoms with Crippen LogP contribution in [0.5, 0.6) is 0 Å². The fourth-order valence-corrected chi connectivity index (χ4v) is 2.84. The lowest BCUT2D eigenvalue weighted by Gasteiger charge is -2.32. The molecular weight excluding hydrogens is 206 g/mol. The van der Waals surface area contributed by atoms with E-state index in [1.54, 1.807) is 11.8 Å². The maximum Gasteiger partial charge on any atom is 0.0865 e. The molecule has 0 aromatic heterocycles. The predicted octanol–water partition coefficient (Wildman–Crippen LogP) is 1.89. The van der Waals surface area contributed by atoms with Gasteiger partial charge in [0.25, 0.3) is 0 Å². The van der Waals surface area contributed by atoms with E-state index < -0.39 is 5.60 Å². The number of β-amino-alcohol motifs (C(OH)–C–C–N with tert-alkyl or cyclic N) is 1. The van der Waals surface area contributed by atoms with Crippen molar-refractivity contribution in [2.45, 2.75) is 23.3 Å². The maximum absolute atomic E-state index is 10.2. The predicted molar refractivity (Wildman–Crippen MR) is 64.2 cm³/mol. The van der Waals surface area contributed by atoms with Gasteiger partial charge in [-0.05, 0) is 31.5 Å². The van der Waals surface area contributed by atoms with Gasteiger partial charge in [0.1, 0.15) is 0 Å². The zero-order valence-corrected chi connectivity index (χ0v) is 9.59. The molecule has 15 heavy (non-hydrogen) atoms. The minimum Gasteiger partial charge on any atom is -0.388 e. The highest BCUT2D eigenvalue weighted by Crippen LogP contribution is 2.26. The summed E-state index contributed by atoms with van der Waals surface area (Å²) in [4.78, 5) is 1.23. The van der Waals surface area contributed by atoms with Crippen LogP contribution >= 0.6 is 11.8 Å². The van der Waals surface area contributed by atoms with Crippen LogP contribution in [0, 0.1) is 0 Å². The summed E-state index contributed by atoms with van der Waals surface area (Å²) in [7, 11) is 0.